The van der Waals surface area contributed by atoms with Crippen molar-refractivity contribution in [3.63, 3.8) is 0 Å². The normalized spacial score (nSPS) is 41.9. The van der Waals surface area contributed by atoms with Crippen molar-refractivity contribution in [1.29, 1.82) is 0 Å². The highest BCUT2D eigenvalue weighted by atomic mass is 32.2. The SMILES string of the molecule is CC(=O)N(CCCN1CCS(=O)CC1)CC12CCCC1C1CCC3C4(C)CC=C(/C(=C/CO)CCCF)C(C)C4CCC3(C)[C@]1(C)CC2. The topological polar surface area (TPSA) is 60.9 Å². The molecule has 6 rings (SSSR count). The number of rotatable bonds is 11. The second kappa shape index (κ2) is 14.5. The molecule has 1 heterocycles. The van der Waals surface area contributed by atoms with Crippen molar-refractivity contribution in [3.8, 4) is 0 Å². The molecule has 7 heteroatoms. The van der Waals surface area contributed by atoms with Crippen LogP contribution in [0, 0.1) is 51.2 Å². The van der Waals surface area contributed by atoms with E-state index in [1.54, 1.807) is 6.92 Å². The van der Waals surface area contributed by atoms with E-state index in [9.17, 15) is 18.5 Å². The largest absolute Gasteiger partial charge is 0.392 e. The first-order valence-corrected chi connectivity index (χ1v) is 21.3. The number of carbonyl (C=O) groups excluding carboxylic acids is 1. The number of nitrogens with zero attached hydrogens (tertiary/aromatic N) is 2. The van der Waals surface area contributed by atoms with Gasteiger partial charge in [0, 0.05) is 55.4 Å². The Bertz CT molecular complexity index is 1260. The highest BCUT2D eigenvalue weighted by molar-refractivity contribution is 7.85. The van der Waals surface area contributed by atoms with E-state index >= 15 is 0 Å². The van der Waals surface area contributed by atoms with Gasteiger partial charge in [0.15, 0.2) is 0 Å². The van der Waals surface area contributed by atoms with Crippen LogP contribution in [0.5, 0.6) is 0 Å². The van der Waals surface area contributed by atoms with Gasteiger partial charge < -0.3 is 14.9 Å². The number of hydrogen-bond donors (Lipinski definition) is 1. The molecule has 5 nitrogen and oxygen atoms in total. The number of alkyl halides is 1. The fraction of sp³-hybridized carbons (Fsp3) is 0.878. The third kappa shape index (κ3) is 6.35. The van der Waals surface area contributed by atoms with Crippen molar-refractivity contribution < 1.29 is 18.5 Å². The van der Waals surface area contributed by atoms with E-state index in [2.05, 4.69) is 43.6 Å². The van der Waals surface area contributed by atoms with Crippen LogP contribution in [0.1, 0.15) is 118 Å². The van der Waals surface area contributed by atoms with Crippen LogP contribution in [-0.2, 0) is 15.6 Å². The lowest BCUT2D eigenvalue weighted by Crippen LogP contribution is -2.64. The summed E-state index contributed by atoms with van der Waals surface area (Å²) in [5, 5.41) is 9.79. The Hall–Kier alpha value is -1.05. The first-order chi connectivity index (χ1) is 22.9. The highest BCUT2D eigenvalue weighted by Gasteiger charge is 2.68. The lowest BCUT2D eigenvalue weighted by Gasteiger charge is -2.71. The number of amides is 1. The van der Waals surface area contributed by atoms with Gasteiger partial charge in [-0.05, 0) is 146 Å². The number of halogens is 1. The predicted molar refractivity (Wildman–Crippen MR) is 196 cm³/mol. The van der Waals surface area contributed by atoms with Crippen LogP contribution < -0.4 is 0 Å². The number of fused-ring (bicyclic) bond motifs is 7. The van der Waals surface area contributed by atoms with Gasteiger partial charge in [-0.25, -0.2) is 0 Å². The lowest BCUT2D eigenvalue weighted by molar-refractivity contribution is -0.220. The van der Waals surface area contributed by atoms with E-state index in [-0.39, 0.29) is 30.0 Å². The minimum atomic E-state index is -0.645. The minimum absolute atomic E-state index is 0.0313. The molecule has 4 saturated carbocycles. The van der Waals surface area contributed by atoms with Crippen LogP contribution in [0.25, 0.3) is 0 Å². The summed E-state index contributed by atoms with van der Waals surface area (Å²) in [6, 6.07) is 0. The quantitative estimate of drug-likeness (QED) is 0.240. The molecule has 1 saturated heterocycles. The fourth-order valence-corrected chi connectivity index (χ4v) is 14.6. The molecule has 8 unspecified atom stereocenters. The molecule has 0 radical (unpaired) electrons. The van der Waals surface area contributed by atoms with Crippen molar-refractivity contribution in [2.45, 2.75) is 118 Å². The van der Waals surface area contributed by atoms with Crippen LogP contribution in [-0.4, -0.2) is 82.5 Å². The average molecular weight is 687 g/mol. The van der Waals surface area contributed by atoms with Gasteiger partial charge in [0.2, 0.25) is 5.91 Å². The zero-order valence-electron chi connectivity index (χ0n) is 31.0. The molecular formula is C41H67FN2O3S. The van der Waals surface area contributed by atoms with E-state index in [4.69, 9.17) is 0 Å². The molecule has 5 aliphatic carbocycles. The molecule has 1 aliphatic heterocycles. The van der Waals surface area contributed by atoms with Crippen molar-refractivity contribution in [3.05, 3.63) is 23.3 Å². The molecule has 1 amide bonds. The Morgan fingerprint density at radius 3 is 2.50 bits per heavy atom. The Balaban J connectivity index is 1.18. The van der Waals surface area contributed by atoms with E-state index in [0.717, 1.165) is 75.3 Å². The first-order valence-electron chi connectivity index (χ1n) is 19.8. The van der Waals surface area contributed by atoms with Crippen LogP contribution in [0.15, 0.2) is 23.3 Å². The molecule has 0 bridgehead atoms. The van der Waals surface area contributed by atoms with E-state index in [1.165, 1.54) is 68.9 Å². The van der Waals surface area contributed by atoms with E-state index < -0.39 is 10.8 Å². The maximum Gasteiger partial charge on any atom is 0.219 e. The first kappa shape index (κ1) is 36.7. The van der Waals surface area contributed by atoms with Crippen molar-refractivity contribution in [2.24, 2.45) is 51.2 Å². The van der Waals surface area contributed by atoms with Gasteiger partial charge in [0.05, 0.1) is 13.3 Å². The number of aliphatic hydroxyl groups excluding tert-OH is 1. The van der Waals surface area contributed by atoms with Crippen LogP contribution in [0.3, 0.4) is 0 Å². The second-order valence-electron chi connectivity index (χ2n) is 17.9. The summed E-state index contributed by atoms with van der Waals surface area (Å²) in [4.78, 5) is 17.8. The van der Waals surface area contributed by atoms with Gasteiger partial charge in [0.1, 0.15) is 0 Å². The average Bonchev–Trinajstić information content (AvgIpc) is 3.48. The highest BCUT2D eigenvalue weighted by Crippen LogP contribution is 2.76. The molecule has 9 atom stereocenters. The number of hydrogen-bond acceptors (Lipinski definition) is 4. The third-order valence-corrected chi connectivity index (χ3v) is 17.4. The third-order valence-electron chi connectivity index (χ3n) is 16.1. The van der Waals surface area contributed by atoms with Crippen molar-refractivity contribution >= 4 is 16.7 Å². The summed E-state index contributed by atoms with van der Waals surface area (Å²) in [7, 11) is -0.645. The molecule has 5 fully saturated rings. The van der Waals surface area contributed by atoms with Crippen LogP contribution >= 0.6 is 0 Å². The zero-order valence-corrected chi connectivity index (χ0v) is 31.9. The van der Waals surface area contributed by atoms with E-state index in [1.807, 2.05) is 6.08 Å². The fourth-order valence-electron chi connectivity index (χ4n) is 13.5. The lowest BCUT2D eigenvalue weighted by atomic mass is 9.33. The summed E-state index contributed by atoms with van der Waals surface area (Å²) >= 11 is 0. The van der Waals surface area contributed by atoms with Gasteiger partial charge in [0.25, 0.3) is 0 Å². The minimum Gasteiger partial charge on any atom is -0.392 e. The number of carbonyl (C=O) groups is 1. The Labute approximate surface area is 294 Å². The maximum atomic E-state index is 13.2. The standard InChI is InChI=1S/C41H67FN2O3S/c1-30-33(32(15-26-45)9-7-21-42)13-17-38(3)34(30)14-18-40(5)37(38)12-11-35-36-10-6-16-41(36,20-19-39(35,40)4)29-44(31(2)46)23-8-22-43-24-27-48(47)28-25-43/h13,15,30,34-37,45H,6-12,14,16-29H2,1-5H3/b32-15+/t30?,34?,35?,36?,37?,38?,39-,40?,41?/m1/s1. The van der Waals surface area contributed by atoms with Gasteiger partial charge in [-0.15, -0.1) is 0 Å². The van der Waals surface area contributed by atoms with Crippen LogP contribution in [0.2, 0.25) is 0 Å². The summed E-state index contributed by atoms with van der Waals surface area (Å²) in [6.45, 7) is 16.6. The summed E-state index contributed by atoms with van der Waals surface area (Å²) in [6.07, 6.45) is 19.5. The molecule has 272 valence electrons. The Morgan fingerprint density at radius 2 is 1.79 bits per heavy atom. The van der Waals surface area contributed by atoms with Crippen molar-refractivity contribution in [2.75, 3.05) is 57.5 Å². The monoisotopic (exact) mass is 686 g/mol. The van der Waals surface area contributed by atoms with Gasteiger partial charge in [-0.1, -0.05) is 46.3 Å². The summed E-state index contributed by atoms with van der Waals surface area (Å²) < 4.78 is 25.0. The van der Waals surface area contributed by atoms with Crippen molar-refractivity contribution in [1.82, 2.24) is 9.80 Å². The Kier molecular flexibility index (Phi) is 11.1. The molecule has 48 heavy (non-hydrogen) atoms. The summed E-state index contributed by atoms with van der Waals surface area (Å²) in [5.74, 6) is 5.07. The number of allylic oxidation sites excluding steroid dienone is 3. The predicted octanol–water partition coefficient (Wildman–Crippen LogP) is 7.96. The van der Waals surface area contributed by atoms with Gasteiger partial charge in [-0.3, -0.25) is 13.4 Å². The van der Waals surface area contributed by atoms with Gasteiger partial charge >= 0.3 is 0 Å². The maximum absolute atomic E-state index is 13.2. The molecule has 6 aliphatic rings. The molecular weight excluding hydrogens is 620 g/mol. The van der Waals surface area contributed by atoms with E-state index in [0.29, 0.717) is 35.0 Å². The zero-order chi connectivity index (χ0) is 34.3. The number of aliphatic hydroxyl groups is 1. The molecule has 1 N–H and O–H groups in total. The molecule has 0 aromatic heterocycles. The van der Waals surface area contributed by atoms with Crippen LogP contribution in [0.4, 0.5) is 4.39 Å². The van der Waals surface area contributed by atoms with Gasteiger partial charge in [-0.2, -0.15) is 0 Å². The molecule has 0 aromatic rings. The summed E-state index contributed by atoms with van der Waals surface area (Å²) in [5.41, 5.74) is 3.76. The Morgan fingerprint density at radius 1 is 1.02 bits per heavy atom. The molecule has 0 spiro atoms. The smallest absolute Gasteiger partial charge is 0.219 e. The molecule has 0 aromatic carbocycles. The second-order valence-corrected chi connectivity index (χ2v) is 19.6.